The molecular weight excluding hydrogens is 239 g/mol. The van der Waals surface area contributed by atoms with Crippen LogP contribution in [0.25, 0.3) is 4.85 Å². The van der Waals surface area contributed by atoms with Crippen molar-refractivity contribution in [2.24, 2.45) is 5.41 Å². The summed E-state index contributed by atoms with van der Waals surface area (Å²) in [6, 6.07) is 8.09. The highest BCUT2D eigenvalue weighted by atomic mass is 19.1. The van der Waals surface area contributed by atoms with Crippen LogP contribution in [0.1, 0.15) is 44.2 Å². The molecule has 0 aromatic heterocycles. The predicted octanol–water partition coefficient (Wildman–Crippen LogP) is 4.17. The molecule has 0 radical (unpaired) electrons. The van der Waals surface area contributed by atoms with Crippen molar-refractivity contribution in [3.05, 3.63) is 41.2 Å². The lowest BCUT2D eigenvalue weighted by Gasteiger charge is -2.54. The molecule has 1 aromatic rings. The van der Waals surface area contributed by atoms with Gasteiger partial charge in [-0.3, -0.25) is 0 Å². The van der Waals surface area contributed by atoms with Gasteiger partial charge >= 0.3 is 0 Å². The van der Waals surface area contributed by atoms with E-state index in [0.29, 0.717) is 24.6 Å². The molecule has 1 saturated carbocycles. The Hall–Kier alpha value is -1.40. The molecule has 19 heavy (non-hydrogen) atoms. The van der Waals surface area contributed by atoms with Crippen molar-refractivity contribution in [1.29, 1.82) is 0 Å². The maximum absolute atomic E-state index is 13.8. The van der Waals surface area contributed by atoms with Crippen molar-refractivity contribution in [1.82, 2.24) is 5.32 Å². The smallest absolute Gasteiger partial charge is 0.187 e. The largest absolute Gasteiger partial charge is 0.310 e. The zero-order valence-corrected chi connectivity index (χ0v) is 11.2. The van der Waals surface area contributed by atoms with Crippen LogP contribution >= 0.6 is 0 Å². The maximum Gasteiger partial charge on any atom is 0.187 e. The summed E-state index contributed by atoms with van der Waals surface area (Å²) in [5.41, 5.74) is 1.15. The average molecular weight is 258 g/mol. The highest BCUT2D eigenvalue weighted by Gasteiger charge is 2.53. The van der Waals surface area contributed by atoms with E-state index in [0.717, 1.165) is 19.4 Å². The van der Waals surface area contributed by atoms with Crippen LogP contribution in [0.2, 0.25) is 0 Å². The molecule has 2 nitrogen and oxygen atoms in total. The van der Waals surface area contributed by atoms with Gasteiger partial charge < -0.3 is 5.32 Å². The number of hydrogen-bond acceptors (Lipinski definition) is 1. The zero-order chi connectivity index (χ0) is 13.5. The van der Waals surface area contributed by atoms with Crippen molar-refractivity contribution in [3.8, 4) is 0 Å². The van der Waals surface area contributed by atoms with Crippen LogP contribution in [-0.4, -0.2) is 12.2 Å². The Bertz CT molecular complexity index is 505. The lowest BCUT2D eigenvalue weighted by Crippen LogP contribution is -2.52. The fourth-order valence-corrected chi connectivity index (χ4v) is 3.97. The van der Waals surface area contributed by atoms with Gasteiger partial charge in [0.05, 0.1) is 6.57 Å². The highest BCUT2D eigenvalue weighted by molar-refractivity contribution is 5.46. The van der Waals surface area contributed by atoms with E-state index >= 15 is 0 Å². The number of piperidine rings is 1. The first-order valence-corrected chi connectivity index (χ1v) is 6.92. The monoisotopic (exact) mass is 258 g/mol. The zero-order valence-electron chi connectivity index (χ0n) is 11.2. The number of hydrogen-bond donors (Lipinski definition) is 1. The van der Waals surface area contributed by atoms with Crippen molar-refractivity contribution in [3.63, 3.8) is 0 Å². The molecule has 0 amide bonds. The Morgan fingerprint density at radius 3 is 2.58 bits per heavy atom. The first-order chi connectivity index (χ1) is 9.02. The molecular formula is C16H19FN2. The van der Waals surface area contributed by atoms with Crippen molar-refractivity contribution in [2.45, 2.75) is 44.3 Å². The van der Waals surface area contributed by atoms with E-state index < -0.39 is 5.67 Å². The van der Waals surface area contributed by atoms with Gasteiger partial charge in [-0.05, 0) is 50.1 Å². The van der Waals surface area contributed by atoms with Gasteiger partial charge in [0.25, 0.3) is 0 Å². The summed E-state index contributed by atoms with van der Waals surface area (Å²) in [4.78, 5) is 3.41. The summed E-state index contributed by atoms with van der Waals surface area (Å²) < 4.78 is 13.8. The van der Waals surface area contributed by atoms with Crippen LogP contribution in [0, 0.1) is 12.0 Å². The molecule has 3 heteroatoms. The third kappa shape index (κ3) is 2.37. The van der Waals surface area contributed by atoms with Crippen LogP contribution in [0.4, 0.5) is 10.1 Å². The van der Waals surface area contributed by atoms with Gasteiger partial charge in [-0.2, -0.15) is 0 Å². The van der Waals surface area contributed by atoms with E-state index in [1.54, 1.807) is 6.92 Å². The Balaban J connectivity index is 1.73. The lowest BCUT2D eigenvalue weighted by molar-refractivity contribution is -0.0804. The molecule has 1 N–H and O–H groups in total. The Labute approximate surface area is 113 Å². The van der Waals surface area contributed by atoms with Gasteiger partial charge in [0.1, 0.15) is 5.67 Å². The van der Waals surface area contributed by atoms with E-state index in [-0.39, 0.29) is 5.41 Å². The van der Waals surface area contributed by atoms with Crippen LogP contribution in [0.3, 0.4) is 0 Å². The molecule has 1 unspecified atom stereocenters. The van der Waals surface area contributed by atoms with Crippen LogP contribution in [-0.2, 0) is 0 Å². The fourth-order valence-electron chi connectivity index (χ4n) is 3.97. The normalized spacial score (nSPS) is 37.6. The first kappa shape index (κ1) is 12.6. The molecule has 0 bridgehead atoms. The number of halogens is 1. The van der Waals surface area contributed by atoms with Crippen molar-refractivity contribution >= 4 is 5.69 Å². The SMILES string of the molecule is [C-]#[N+]c1ccc(C2CC3(CCN2)CC(C)(F)C3)cc1. The Kier molecular flexibility index (Phi) is 2.87. The minimum Gasteiger partial charge on any atom is -0.310 e. The van der Waals surface area contributed by atoms with Gasteiger partial charge in [-0.1, -0.05) is 24.3 Å². The highest BCUT2D eigenvalue weighted by Crippen LogP contribution is 2.58. The molecule has 1 aliphatic heterocycles. The predicted molar refractivity (Wildman–Crippen MR) is 73.9 cm³/mol. The van der Waals surface area contributed by atoms with Gasteiger partial charge in [-0.25, -0.2) is 9.24 Å². The molecule has 1 aliphatic carbocycles. The average Bonchev–Trinajstić information content (AvgIpc) is 2.37. The number of nitrogens with zero attached hydrogens (tertiary/aromatic N) is 1. The summed E-state index contributed by atoms with van der Waals surface area (Å²) in [6.45, 7) is 9.66. The molecule has 3 rings (SSSR count). The molecule has 100 valence electrons. The van der Waals surface area contributed by atoms with Gasteiger partial charge in [0.2, 0.25) is 0 Å². The lowest BCUT2D eigenvalue weighted by atomic mass is 9.55. The fraction of sp³-hybridized carbons (Fsp3) is 0.562. The van der Waals surface area contributed by atoms with Crippen LogP contribution in [0.15, 0.2) is 24.3 Å². The molecule has 1 heterocycles. The van der Waals surface area contributed by atoms with E-state index in [1.165, 1.54) is 5.56 Å². The molecule has 2 aliphatic rings. The molecule has 1 spiro atoms. The summed E-state index contributed by atoms with van der Waals surface area (Å²) >= 11 is 0. The Morgan fingerprint density at radius 1 is 1.32 bits per heavy atom. The van der Waals surface area contributed by atoms with Gasteiger partial charge in [0, 0.05) is 6.04 Å². The molecule has 1 saturated heterocycles. The minimum atomic E-state index is -0.949. The number of alkyl halides is 1. The number of benzene rings is 1. The van der Waals surface area contributed by atoms with E-state index in [9.17, 15) is 4.39 Å². The first-order valence-electron chi connectivity index (χ1n) is 6.92. The Morgan fingerprint density at radius 2 is 2.00 bits per heavy atom. The van der Waals surface area contributed by atoms with E-state index in [4.69, 9.17) is 6.57 Å². The standard InChI is InChI=1S/C16H19FN2/c1-15(17)10-16(11-15)7-8-19-14(9-16)12-3-5-13(18-2)6-4-12/h3-6,14,19H,7-11H2,1H3. The van der Waals surface area contributed by atoms with Crippen molar-refractivity contribution < 1.29 is 4.39 Å². The molecule has 2 fully saturated rings. The van der Waals surface area contributed by atoms with Crippen molar-refractivity contribution in [2.75, 3.05) is 6.54 Å². The quantitative estimate of drug-likeness (QED) is 0.748. The molecule has 1 atom stereocenters. The van der Waals surface area contributed by atoms with E-state index in [2.05, 4.69) is 10.2 Å². The molecule has 1 aromatic carbocycles. The topological polar surface area (TPSA) is 16.4 Å². The second-order valence-corrected chi connectivity index (χ2v) is 6.43. The summed E-state index contributed by atoms with van der Waals surface area (Å²) in [5, 5.41) is 3.52. The van der Waals surface area contributed by atoms with Gasteiger partial charge in [-0.15, -0.1) is 0 Å². The third-order valence-corrected chi connectivity index (χ3v) is 4.59. The second-order valence-electron chi connectivity index (χ2n) is 6.43. The minimum absolute atomic E-state index is 0.206. The van der Waals surface area contributed by atoms with Gasteiger partial charge in [0.15, 0.2) is 5.69 Å². The maximum atomic E-state index is 13.8. The van der Waals surface area contributed by atoms with E-state index in [1.807, 2.05) is 24.3 Å². The summed E-state index contributed by atoms with van der Waals surface area (Å²) in [6.07, 6.45) is 3.52. The number of rotatable bonds is 1. The number of nitrogens with one attached hydrogen (secondary N) is 1. The summed E-state index contributed by atoms with van der Waals surface area (Å²) in [5.74, 6) is 0. The third-order valence-electron chi connectivity index (χ3n) is 4.59. The summed E-state index contributed by atoms with van der Waals surface area (Å²) in [7, 11) is 0. The van der Waals surface area contributed by atoms with Crippen LogP contribution in [0.5, 0.6) is 0 Å². The second kappa shape index (κ2) is 4.31. The van der Waals surface area contributed by atoms with Crippen LogP contribution < -0.4 is 5.32 Å².